The molecule has 0 bridgehead atoms. The Morgan fingerprint density at radius 2 is 2.04 bits per heavy atom. The number of rotatable bonds is 6. The van der Waals surface area contributed by atoms with Gasteiger partial charge in [-0.3, -0.25) is 20.1 Å². The topological polar surface area (TPSA) is 129 Å². The third kappa shape index (κ3) is 3.92. The zero-order valence-electron chi connectivity index (χ0n) is 13.0. The Hall–Kier alpha value is -2.84. The van der Waals surface area contributed by atoms with Crippen molar-refractivity contribution >= 4 is 11.9 Å². The number of nitro benzene ring substituents is 1. The van der Waals surface area contributed by atoms with Gasteiger partial charge in [0.2, 0.25) is 0 Å². The van der Waals surface area contributed by atoms with Crippen molar-refractivity contribution < 1.29 is 20.2 Å². The molecule has 0 saturated carbocycles. The molecule has 0 unspecified atom stereocenters. The molecule has 0 aliphatic rings. The van der Waals surface area contributed by atoms with Gasteiger partial charge < -0.3 is 15.3 Å². The van der Waals surface area contributed by atoms with Crippen LogP contribution < -0.4 is 0 Å². The minimum absolute atomic E-state index is 0.00346. The lowest BCUT2D eigenvalue weighted by molar-refractivity contribution is -0.384. The summed E-state index contributed by atoms with van der Waals surface area (Å²) < 4.78 is 0. The van der Waals surface area contributed by atoms with Crippen LogP contribution in [0.3, 0.4) is 0 Å². The summed E-state index contributed by atoms with van der Waals surface area (Å²) in [6.07, 6.45) is 1.87. The third-order valence-corrected chi connectivity index (χ3v) is 3.52. The van der Waals surface area contributed by atoms with E-state index < -0.39 is 11.0 Å². The second-order valence-corrected chi connectivity index (χ2v) is 5.15. The Kier molecular flexibility index (Phi) is 5.56. The van der Waals surface area contributed by atoms with Crippen LogP contribution in [0.5, 0.6) is 5.75 Å². The molecule has 1 aromatic heterocycles. The number of non-ortho nitro benzene ring substituents is 1. The quantitative estimate of drug-likeness (QED) is 0.419. The van der Waals surface area contributed by atoms with Gasteiger partial charge in [0, 0.05) is 35.7 Å². The number of nitrogens with zero attached hydrogens (tertiary/aromatic N) is 3. The van der Waals surface area contributed by atoms with Gasteiger partial charge in [0.25, 0.3) is 5.69 Å². The van der Waals surface area contributed by atoms with Gasteiger partial charge in [0.1, 0.15) is 5.75 Å². The molecule has 1 heterocycles. The predicted octanol–water partition coefficient (Wildman–Crippen LogP) is 1.65. The van der Waals surface area contributed by atoms with Crippen molar-refractivity contribution in [3.05, 3.63) is 63.0 Å². The van der Waals surface area contributed by atoms with Gasteiger partial charge in [0.05, 0.1) is 29.9 Å². The number of aromatic nitrogens is 1. The number of aliphatic hydroxyl groups is 2. The summed E-state index contributed by atoms with van der Waals surface area (Å²) in [5.41, 5.74) is 1.62. The van der Waals surface area contributed by atoms with E-state index >= 15 is 0 Å². The fourth-order valence-corrected chi connectivity index (χ4v) is 2.09. The van der Waals surface area contributed by atoms with Crippen LogP contribution in [-0.2, 0) is 6.61 Å². The monoisotopic (exact) mass is 331 g/mol. The Bertz CT molecular complexity index is 759. The molecule has 0 aliphatic heterocycles. The molecule has 2 aromatic rings. The maximum atomic E-state index is 10.6. The lowest BCUT2D eigenvalue weighted by atomic mass is 10.1. The molecule has 8 nitrogen and oxygen atoms in total. The molecule has 126 valence electrons. The van der Waals surface area contributed by atoms with Gasteiger partial charge in [-0.2, -0.15) is 0 Å². The zero-order valence-corrected chi connectivity index (χ0v) is 13.0. The van der Waals surface area contributed by atoms with Crippen LogP contribution >= 0.6 is 0 Å². The summed E-state index contributed by atoms with van der Waals surface area (Å²) in [5.74, 6) is -0.0740. The van der Waals surface area contributed by atoms with E-state index in [1.54, 1.807) is 6.92 Å². The number of hydrogen-bond acceptors (Lipinski definition) is 7. The summed E-state index contributed by atoms with van der Waals surface area (Å²) in [4.78, 5) is 18.1. The minimum Gasteiger partial charge on any atom is -0.505 e. The van der Waals surface area contributed by atoms with Gasteiger partial charge in [0.15, 0.2) is 0 Å². The van der Waals surface area contributed by atoms with E-state index in [-0.39, 0.29) is 24.6 Å². The van der Waals surface area contributed by atoms with Gasteiger partial charge in [-0.05, 0) is 24.6 Å². The van der Waals surface area contributed by atoms with Crippen molar-refractivity contribution in [2.75, 3.05) is 6.54 Å². The highest BCUT2D eigenvalue weighted by atomic mass is 16.6. The van der Waals surface area contributed by atoms with E-state index in [1.807, 2.05) is 0 Å². The van der Waals surface area contributed by atoms with Crippen molar-refractivity contribution in [2.24, 2.45) is 4.99 Å². The van der Waals surface area contributed by atoms with E-state index in [1.165, 1.54) is 36.7 Å². The first-order chi connectivity index (χ1) is 11.4. The lowest BCUT2D eigenvalue weighted by Gasteiger charge is -2.09. The SMILES string of the molecule is Cc1ncc(CO)c(C=NC[C@H](O)c2ccc([N+](=O)[O-])cc2)c1O. The average molecular weight is 331 g/mol. The summed E-state index contributed by atoms with van der Waals surface area (Å²) >= 11 is 0. The van der Waals surface area contributed by atoms with Crippen LogP contribution in [0.4, 0.5) is 5.69 Å². The molecule has 0 amide bonds. The lowest BCUT2D eigenvalue weighted by Crippen LogP contribution is -2.03. The van der Waals surface area contributed by atoms with E-state index in [9.17, 15) is 25.4 Å². The van der Waals surface area contributed by atoms with E-state index in [0.29, 0.717) is 22.4 Å². The highest BCUT2D eigenvalue weighted by molar-refractivity contribution is 5.85. The minimum atomic E-state index is -0.940. The Balaban J connectivity index is 2.11. The van der Waals surface area contributed by atoms with Crippen LogP contribution in [0.25, 0.3) is 0 Å². The van der Waals surface area contributed by atoms with Gasteiger partial charge >= 0.3 is 0 Å². The smallest absolute Gasteiger partial charge is 0.269 e. The first kappa shape index (κ1) is 17.5. The molecular weight excluding hydrogens is 314 g/mol. The summed E-state index contributed by atoms with van der Waals surface area (Å²) in [7, 11) is 0. The molecule has 8 heteroatoms. The first-order valence-electron chi connectivity index (χ1n) is 7.14. The molecule has 0 radical (unpaired) electrons. The van der Waals surface area contributed by atoms with Gasteiger partial charge in [-0.15, -0.1) is 0 Å². The Morgan fingerprint density at radius 3 is 2.62 bits per heavy atom. The summed E-state index contributed by atoms with van der Waals surface area (Å²) in [5, 5.41) is 39.9. The summed E-state index contributed by atoms with van der Waals surface area (Å²) in [6.45, 7) is 1.33. The maximum Gasteiger partial charge on any atom is 0.269 e. The number of aromatic hydroxyl groups is 1. The number of hydrogen-bond donors (Lipinski definition) is 3. The summed E-state index contributed by atoms with van der Waals surface area (Å²) in [6, 6.07) is 5.55. The highest BCUT2D eigenvalue weighted by Crippen LogP contribution is 2.22. The fraction of sp³-hybridized carbons (Fsp3) is 0.250. The molecule has 0 spiro atoms. The molecule has 1 aromatic carbocycles. The first-order valence-corrected chi connectivity index (χ1v) is 7.14. The molecule has 0 fully saturated rings. The highest BCUT2D eigenvalue weighted by Gasteiger charge is 2.11. The number of pyridine rings is 1. The number of aryl methyl sites for hydroxylation is 1. The fourth-order valence-electron chi connectivity index (χ4n) is 2.09. The van der Waals surface area contributed by atoms with Crippen LogP contribution in [-0.4, -0.2) is 38.0 Å². The van der Waals surface area contributed by atoms with Crippen LogP contribution in [0.2, 0.25) is 0 Å². The zero-order chi connectivity index (χ0) is 17.7. The number of nitro groups is 1. The largest absolute Gasteiger partial charge is 0.505 e. The van der Waals surface area contributed by atoms with Crippen molar-refractivity contribution in [1.29, 1.82) is 0 Å². The van der Waals surface area contributed by atoms with Gasteiger partial charge in [-0.25, -0.2) is 0 Å². The number of aliphatic hydroxyl groups excluding tert-OH is 2. The van der Waals surface area contributed by atoms with Crippen LogP contribution in [0.15, 0.2) is 35.5 Å². The second-order valence-electron chi connectivity index (χ2n) is 5.15. The molecule has 0 saturated heterocycles. The number of benzene rings is 1. The van der Waals surface area contributed by atoms with Crippen molar-refractivity contribution in [2.45, 2.75) is 19.6 Å². The molecule has 0 aliphatic carbocycles. The van der Waals surface area contributed by atoms with Crippen molar-refractivity contribution in [1.82, 2.24) is 4.98 Å². The molecule has 2 rings (SSSR count). The molecule has 1 atom stereocenters. The standard InChI is InChI=1S/C16H17N3O5/c1-10-16(22)14(12(9-20)6-18-10)7-17-8-15(21)11-2-4-13(5-3-11)19(23)24/h2-7,15,20-22H,8-9H2,1H3/t15-/m0/s1. The van der Waals surface area contributed by atoms with Crippen LogP contribution in [0.1, 0.15) is 28.5 Å². The van der Waals surface area contributed by atoms with Crippen molar-refractivity contribution in [3.8, 4) is 5.75 Å². The molecule has 24 heavy (non-hydrogen) atoms. The molecule has 3 N–H and O–H groups in total. The van der Waals surface area contributed by atoms with E-state index in [2.05, 4.69) is 9.98 Å². The van der Waals surface area contributed by atoms with E-state index in [0.717, 1.165) is 0 Å². The maximum absolute atomic E-state index is 10.6. The van der Waals surface area contributed by atoms with Crippen molar-refractivity contribution in [3.63, 3.8) is 0 Å². The molecular formula is C16H17N3O5. The van der Waals surface area contributed by atoms with Crippen LogP contribution in [0, 0.1) is 17.0 Å². The average Bonchev–Trinajstić information content (AvgIpc) is 2.58. The van der Waals surface area contributed by atoms with Gasteiger partial charge in [-0.1, -0.05) is 0 Å². The normalized spacial score (nSPS) is 12.5. The predicted molar refractivity (Wildman–Crippen MR) is 87.1 cm³/mol. The second kappa shape index (κ2) is 7.62. The Morgan fingerprint density at radius 1 is 1.38 bits per heavy atom. The van der Waals surface area contributed by atoms with E-state index in [4.69, 9.17) is 0 Å². The number of aliphatic imine (C=N–C) groups is 1. The Labute approximate surface area is 137 Å². The third-order valence-electron chi connectivity index (χ3n) is 3.52.